The van der Waals surface area contributed by atoms with E-state index in [1.807, 2.05) is 0 Å². The van der Waals surface area contributed by atoms with Crippen molar-refractivity contribution in [2.24, 2.45) is 5.73 Å². The normalized spacial score (nSPS) is 19.2. The van der Waals surface area contributed by atoms with Crippen molar-refractivity contribution < 1.29 is 29.4 Å². The monoisotopic (exact) mass is 433 g/mol. The molecule has 0 spiro atoms. The molecule has 3 rings (SSSR count). The van der Waals surface area contributed by atoms with Crippen LogP contribution in [0.15, 0.2) is 28.8 Å². The number of carboxylic acid groups (broad SMARTS) is 1. The molecule has 1 saturated heterocycles. The summed E-state index contributed by atoms with van der Waals surface area (Å²) in [6, 6.07) is 4.33. The van der Waals surface area contributed by atoms with Crippen LogP contribution in [0.2, 0.25) is 0 Å². The summed E-state index contributed by atoms with van der Waals surface area (Å²) in [5.74, 6) is -0.899. The van der Waals surface area contributed by atoms with Gasteiger partial charge in [0.25, 0.3) is 0 Å². The maximum Gasteiger partial charge on any atom is 0.326 e. The van der Waals surface area contributed by atoms with Crippen LogP contribution in [-0.4, -0.2) is 67.5 Å². The number of nitrogens with one attached hydrogen (secondary N) is 1. The highest BCUT2D eigenvalue weighted by Crippen LogP contribution is 2.22. The van der Waals surface area contributed by atoms with Gasteiger partial charge in [-0.05, 0) is 43.9 Å². The Labute approximate surface area is 178 Å². The van der Waals surface area contributed by atoms with Crippen LogP contribution in [-0.2, 0) is 16.0 Å². The number of carbonyl (C=O) groups is 2. The molecule has 2 aromatic rings. The second-order valence-electron chi connectivity index (χ2n) is 7.64. The van der Waals surface area contributed by atoms with Gasteiger partial charge in [0.1, 0.15) is 11.8 Å². The Morgan fingerprint density at radius 3 is 2.71 bits per heavy atom. The summed E-state index contributed by atoms with van der Waals surface area (Å²) >= 11 is 0. The van der Waals surface area contributed by atoms with Gasteiger partial charge in [-0.1, -0.05) is 17.3 Å². The van der Waals surface area contributed by atoms with Crippen LogP contribution in [0.4, 0.5) is 0 Å². The quantitative estimate of drug-likeness (QED) is 0.365. The Morgan fingerprint density at radius 2 is 2.06 bits per heavy atom. The summed E-state index contributed by atoms with van der Waals surface area (Å²) in [5, 5.41) is 35.4. The van der Waals surface area contributed by atoms with Crippen molar-refractivity contribution in [1.82, 2.24) is 20.4 Å². The molecule has 0 bridgehead atoms. The van der Waals surface area contributed by atoms with E-state index >= 15 is 0 Å². The molecule has 1 aromatic heterocycles. The molecule has 168 valence electrons. The van der Waals surface area contributed by atoms with E-state index in [1.54, 1.807) is 24.3 Å². The van der Waals surface area contributed by atoms with Gasteiger partial charge in [-0.15, -0.1) is 0 Å². The Balaban J connectivity index is 1.75. The zero-order chi connectivity index (χ0) is 22.5. The van der Waals surface area contributed by atoms with E-state index in [4.69, 9.17) is 10.3 Å². The highest BCUT2D eigenvalue weighted by molar-refractivity contribution is 5.85. The standard InChI is InChI=1S/C20H27N5O6/c1-11(26)17(21)18-23-19(31-24-18)14(9-12-4-6-13(27)7-5-12)22-10-16(28)25-8-2-3-15(25)20(29)30/h4-7,11,14-15,17,22,26-27H,2-3,8-10,21H2,1H3,(H,29,30)/t11?,14-,15-,17-/m0/s1. The van der Waals surface area contributed by atoms with E-state index in [0.717, 1.165) is 5.56 Å². The zero-order valence-electron chi connectivity index (χ0n) is 17.1. The first kappa shape index (κ1) is 22.7. The fourth-order valence-electron chi connectivity index (χ4n) is 3.49. The zero-order valence-corrected chi connectivity index (χ0v) is 17.1. The number of phenolic OH excluding ortho intramolecular Hbond substituents is 1. The number of phenols is 1. The highest BCUT2D eigenvalue weighted by Gasteiger charge is 2.34. The summed E-state index contributed by atoms with van der Waals surface area (Å²) < 4.78 is 5.33. The van der Waals surface area contributed by atoms with Crippen molar-refractivity contribution in [1.29, 1.82) is 0 Å². The minimum atomic E-state index is -1.01. The van der Waals surface area contributed by atoms with Gasteiger partial charge in [0.05, 0.1) is 24.7 Å². The lowest BCUT2D eigenvalue weighted by molar-refractivity contribution is -0.147. The summed E-state index contributed by atoms with van der Waals surface area (Å²) in [6.45, 7) is 1.79. The van der Waals surface area contributed by atoms with Crippen LogP contribution >= 0.6 is 0 Å². The van der Waals surface area contributed by atoms with Crippen LogP contribution in [0, 0.1) is 0 Å². The molecule has 0 radical (unpaired) electrons. The van der Waals surface area contributed by atoms with Crippen LogP contribution in [0.1, 0.15) is 49.1 Å². The summed E-state index contributed by atoms with van der Waals surface area (Å²) in [6.07, 6.45) is 0.562. The Bertz CT molecular complexity index is 900. The summed E-state index contributed by atoms with van der Waals surface area (Å²) in [4.78, 5) is 29.6. The number of nitrogens with two attached hydrogens (primary N) is 1. The predicted molar refractivity (Wildman–Crippen MR) is 108 cm³/mol. The molecular formula is C20H27N5O6. The predicted octanol–water partition coefficient (Wildman–Crippen LogP) is 0.105. The van der Waals surface area contributed by atoms with Crippen LogP contribution in [0.5, 0.6) is 5.75 Å². The third-order valence-electron chi connectivity index (χ3n) is 5.31. The van der Waals surface area contributed by atoms with E-state index in [2.05, 4.69) is 15.5 Å². The number of hydrogen-bond donors (Lipinski definition) is 5. The maximum absolute atomic E-state index is 12.6. The lowest BCUT2D eigenvalue weighted by Gasteiger charge is -2.23. The SMILES string of the molecule is CC(O)[C@H](N)c1noc([C@H](Cc2ccc(O)cc2)NCC(=O)N2CCC[C@H]2C(=O)O)n1. The number of likely N-dealkylation sites (tertiary alicyclic amines) is 1. The molecule has 11 heteroatoms. The van der Waals surface area contributed by atoms with Gasteiger partial charge in [-0.25, -0.2) is 4.79 Å². The average molecular weight is 433 g/mol. The number of benzene rings is 1. The number of aromatic hydroxyl groups is 1. The second kappa shape index (κ2) is 9.86. The topological polar surface area (TPSA) is 175 Å². The lowest BCUT2D eigenvalue weighted by Crippen LogP contribution is -2.45. The number of amides is 1. The minimum Gasteiger partial charge on any atom is -0.508 e. The molecule has 0 saturated carbocycles. The lowest BCUT2D eigenvalue weighted by atomic mass is 10.1. The van der Waals surface area contributed by atoms with Crippen molar-refractivity contribution in [2.45, 2.75) is 50.4 Å². The number of aliphatic carboxylic acids is 1. The minimum absolute atomic E-state index is 0.118. The van der Waals surface area contributed by atoms with Gasteiger partial charge in [-0.3, -0.25) is 10.1 Å². The summed E-state index contributed by atoms with van der Waals surface area (Å²) in [7, 11) is 0. The van der Waals surface area contributed by atoms with E-state index in [-0.39, 0.29) is 29.9 Å². The van der Waals surface area contributed by atoms with Crippen LogP contribution < -0.4 is 11.1 Å². The number of aromatic nitrogens is 2. The molecule has 1 unspecified atom stereocenters. The number of aliphatic hydroxyl groups excluding tert-OH is 1. The van der Waals surface area contributed by atoms with Gasteiger partial charge in [0.15, 0.2) is 5.82 Å². The van der Waals surface area contributed by atoms with Gasteiger partial charge < -0.3 is 30.5 Å². The number of hydrogen-bond acceptors (Lipinski definition) is 9. The molecule has 31 heavy (non-hydrogen) atoms. The highest BCUT2D eigenvalue weighted by atomic mass is 16.5. The fourth-order valence-corrected chi connectivity index (χ4v) is 3.49. The first-order valence-electron chi connectivity index (χ1n) is 10.1. The van der Waals surface area contributed by atoms with Gasteiger partial charge in [-0.2, -0.15) is 4.98 Å². The molecule has 2 heterocycles. The van der Waals surface area contributed by atoms with Crippen LogP contribution in [0.25, 0.3) is 0 Å². The molecule has 1 aromatic carbocycles. The number of carbonyl (C=O) groups excluding carboxylic acids is 1. The number of carboxylic acids is 1. The molecular weight excluding hydrogens is 406 g/mol. The molecule has 6 N–H and O–H groups in total. The molecule has 1 aliphatic heterocycles. The third kappa shape index (κ3) is 5.57. The van der Waals surface area contributed by atoms with E-state index in [0.29, 0.717) is 25.8 Å². The molecule has 1 amide bonds. The van der Waals surface area contributed by atoms with E-state index in [9.17, 15) is 24.9 Å². The van der Waals surface area contributed by atoms with Crippen LogP contribution in [0.3, 0.4) is 0 Å². The summed E-state index contributed by atoms with van der Waals surface area (Å²) in [5.41, 5.74) is 6.71. The first-order chi connectivity index (χ1) is 14.8. The van der Waals surface area contributed by atoms with Gasteiger partial charge in [0.2, 0.25) is 11.8 Å². The molecule has 4 atom stereocenters. The molecule has 0 aliphatic carbocycles. The number of rotatable bonds is 9. The largest absolute Gasteiger partial charge is 0.508 e. The van der Waals surface area contributed by atoms with E-state index in [1.165, 1.54) is 11.8 Å². The van der Waals surface area contributed by atoms with Crippen molar-refractivity contribution in [3.63, 3.8) is 0 Å². The van der Waals surface area contributed by atoms with Gasteiger partial charge >= 0.3 is 5.97 Å². The van der Waals surface area contributed by atoms with Crippen molar-refractivity contribution in [3.05, 3.63) is 41.5 Å². The van der Waals surface area contributed by atoms with Crippen molar-refractivity contribution in [3.8, 4) is 5.75 Å². The van der Waals surface area contributed by atoms with E-state index < -0.39 is 30.2 Å². The van der Waals surface area contributed by atoms with Crippen molar-refractivity contribution in [2.75, 3.05) is 13.1 Å². The van der Waals surface area contributed by atoms with Gasteiger partial charge in [0, 0.05) is 6.54 Å². The molecule has 1 fully saturated rings. The third-order valence-corrected chi connectivity index (χ3v) is 5.31. The number of nitrogens with zero attached hydrogens (tertiary/aromatic N) is 3. The fraction of sp³-hybridized carbons (Fsp3) is 0.500. The average Bonchev–Trinajstić information content (AvgIpc) is 3.41. The van der Waals surface area contributed by atoms with Crippen molar-refractivity contribution >= 4 is 11.9 Å². The first-order valence-corrected chi connectivity index (χ1v) is 10.1. The number of aliphatic hydroxyl groups is 1. The maximum atomic E-state index is 12.6. The second-order valence-corrected chi connectivity index (χ2v) is 7.64. The Hall–Kier alpha value is -3.02. The molecule has 1 aliphatic rings. The molecule has 11 nitrogen and oxygen atoms in total. The smallest absolute Gasteiger partial charge is 0.326 e. The Kier molecular flexibility index (Phi) is 7.21. The Morgan fingerprint density at radius 1 is 1.35 bits per heavy atom.